The van der Waals surface area contributed by atoms with Crippen molar-refractivity contribution >= 4 is 11.6 Å². The van der Waals surface area contributed by atoms with Gasteiger partial charge in [0.05, 0.1) is 12.2 Å². The van der Waals surface area contributed by atoms with Gasteiger partial charge in [-0.1, -0.05) is 19.4 Å². The topological polar surface area (TPSA) is 94.8 Å². The van der Waals surface area contributed by atoms with Crippen LogP contribution in [0.4, 0.5) is 0 Å². The molecule has 0 aromatic rings. The molecule has 0 aromatic heterocycles. The fraction of sp³-hybridized carbons (Fsp3) is 0.810. The zero-order valence-corrected chi connectivity index (χ0v) is 15.6. The van der Waals surface area contributed by atoms with Crippen LogP contribution >= 0.6 is 0 Å². The monoisotopic (exact) mass is 362 g/mol. The van der Waals surface area contributed by atoms with Gasteiger partial charge in [0, 0.05) is 17.8 Å². The molecule has 26 heavy (non-hydrogen) atoms. The molecule has 144 valence electrons. The first-order valence-corrected chi connectivity index (χ1v) is 9.97. The molecular formula is C21H30O5. The van der Waals surface area contributed by atoms with Crippen LogP contribution in [-0.4, -0.2) is 45.7 Å². The summed E-state index contributed by atoms with van der Waals surface area (Å²) in [6.07, 6.45) is 4.38. The van der Waals surface area contributed by atoms with Gasteiger partial charge in [-0.3, -0.25) is 9.59 Å². The van der Waals surface area contributed by atoms with Gasteiger partial charge in [0.2, 0.25) is 0 Å². The van der Waals surface area contributed by atoms with Gasteiger partial charge in [-0.2, -0.15) is 0 Å². The van der Waals surface area contributed by atoms with Gasteiger partial charge in [0.1, 0.15) is 6.61 Å². The normalized spacial score (nSPS) is 50.5. The maximum absolute atomic E-state index is 12.3. The second-order valence-electron chi connectivity index (χ2n) is 9.50. The van der Waals surface area contributed by atoms with Crippen molar-refractivity contribution in [1.82, 2.24) is 0 Å². The third-order valence-electron chi connectivity index (χ3n) is 8.55. The molecule has 3 fully saturated rings. The van der Waals surface area contributed by atoms with Crippen LogP contribution in [0.1, 0.15) is 52.4 Å². The molecule has 0 heterocycles. The number of fused-ring (bicyclic) bond motifs is 5. The molecule has 3 N–H and O–H groups in total. The SMILES string of the molecule is CC12CC(O)C3C(CCC4=CC(=O)CC(O)C43C)C1CCC2C(=O)CO. The average molecular weight is 362 g/mol. The Morgan fingerprint density at radius 1 is 1.23 bits per heavy atom. The molecule has 5 nitrogen and oxygen atoms in total. The molecular weight excluding hydrogens is 332 g/mol. The second kappa shape index (κ2) is 5.98. The zero-order valence-electron chi connectivity index (χ0n) is 15.6. The highest BCUT2D eigenvalue weighted by Crippen LogP contribution is 2.66. The van der Waals surface area contributed by atoms with Crippen LogP contribution in [0.5, 0.6) is 0 Å². The van der Waals surface area contributed by atoms with E-state index in [1.807, 2.05) is 6.92 Å². The molecule has 0 bridgehead atoms. The van der Waals surface area contributed by atoms with Gasteiger partial charge in [-0.05, 0) is 61.3 Å². The highest BCUT2D eigenvalue weighted by molar-refractivity contribution is 5.92. The third kappa shape index (κ3) is 2.26. The minimum absolute atomic E-state index is 0.0203. The highest BCUT2D eigenvalue weighted by atomic mass is 16.3. The van der Waals surface area contributed by atoms with Crippen molar-refractivity contribution in [2.75, 3.05) is 6.61 Å². The lowest BCUT2D eigenvalue weighted by molar-refractivity contribution is -0.162. The quantitative estimate of drug-likeness (QED) is 0.694. The van der Waals surface area contributed by atoms with Gasteiger partial charge in [0.15, 0.2) is 11.6 Å². The molecule has 4 aliphatic carbocycles. The Morgan fingerprint density at radius 3 is 2.65 bits per heavy atom. The van der Waals surface area contributed by atoms with Crippen molar-refractivity contribution in [2.45, 2.75) is 64.6 Å². The standard InChI is InChI=1S/C21H30O5/c1-20-9-16(24)19-13(14(20)5-6-15(20)17(25)10-22)4-3-11-7-12(23)8-18(26)21(11,19)2/h7,13-16,18-19,22,24,26H,3-6,8-10H2,1-2H3. The van der Waals surface area contributed by atoms with Crippen LogP contribution in [-0.2, 0) is 9.59 Å². The number of carbonyl (C=O) groups excluding carboxylic acids is 2. The summed E-state index contributed by atoms with van der Waals surface area (Å²) < 4.78 is 0. The predicted octanol–water partition coefficient (Wildman–Crippen LogP) is 1.64. The molecule has 8 unspecified atom stereocenters. The maximum atomic E-state index is 12.3. The Balaban J connectivity index is 1.73. The number of ketones is 2. The van der Waals surface area contributed by atoms with Gasteiger partial charge in [-0.25, -0.2) is 0 Å². The summed E-state index contributed by atoms with van der Waals surface area (Å²) in [6.45, 7) is 3.70. The minimum Gasteiger partial charge on any atom is -0.393 e. The van der Waals surface area contributed by atoms with E-state index in [1.54, 1.807) is 6.08 Å². The predicted molar refractivity (Wildman–Crippen MR) is 95.1 cm³/mol. The molecule has 0 radical (unpaired) electrons. The summed E-state index contributed by atoms with van der Waals surface area (Å²) in [5.74, 6) is 0.173. The van der Waals surface area contributed by atoms with E-state index in [9.17, 15) is 24.9 Å². The third-order valence-corrected chi connectivity index (χ3v) is 8.55. The smallest absolute Gasteiger partial charge is 0.161 e. The molecule has 4 rings (SSSR count). The van der Waals surface area contributed by atoms with Crippen molar-refractivity contribution in [1.29, 1.82) is 0 Å². The van der Waals surface area contributed by atoms with Crippen molar-refractivity contribution in [3.8, 4) is 0 Å². The number of aliphatic hydroxyl groups excluding tert-OH is 3. The van der Waals surface area contributed by atoms with Crippen LogP contribution in [0.3, 0.4) is 0 Å². The van der Waals surface area contributed by atoms with Gasteiger partial charge in [0.25, 0.3) is 0 Å². The number of hydrogen-bond acceptors (Lipinski definition) is 5. The Kier molecular flexibility index (Phi) is 4.22. The van der Waals surface area contributed by atoms with E-state index >= 15 is 0 Å². The average Bonchev–Trinajstić information content (AvgIpc) is 2.92. The molecule has 5 heteroatoms. The largest absolute Gasteiger partial charge is 0.393 e. The summed E-state index contributed by atoms with van der Waals surface area (Å²) in [7, 11) is 0. The summed E-state index contributed by atoms with van der Waals surface area (Å²) in [5.41, 5.74) is 0.149. The Labute approximate surface area is 154 Å². The molecule has 0 saturated heterocycles. The summed E-state index contributed by atoms with van der Waals surface area (Å²) in [4.78, 5) is 24.2. The molecule has 0 aliphatic heterocycles. The van der Waals surface area contributed by atoms with Crippen LogP contribution in [0, 0.1) is 34.5 Å². The number of hydrogen-bond donors (Lipinski definition) is 3. The van der Waals surface area contributed by atoms with E-state index in [0.717, 1.165) is 31.3 Å². The van der Waals surface area contributed by atoms with Crippen LogP contribution in [0.25, 0.3) is 0 Å². The van der Waals surface area contributed by atoms with Crippen LogP contribution in [0.15, 0.2) is 11.6 Å². The van der Waals surface area contributed by atoms with E-state index in [-0.39, 0.29) is 41.2 Å². The lowest BCUT2D eigenvalue weighted by atomic mass is 9.45. The van der Waals surface area contributed by atoms with Crippen LogP contribution < -0.4 is 0 Å². The Bertz CT molecular complexity index is 669. The first kappa shape index (κ1) is 18.3. The molecule has 0 aromatic carbocycles. The molecule has 8 atom stereocenters. The van der Waals surface area contributed by atoms with Gasteiger partial charge >= 0.3 is 0 Å². The summed E-state index contributed by atoms with van der Waals surface area (Å²) in [6, 6.07) is 0. The first-order valence-electron chi connectivity index (χ1n) is 9.97. The fourth-order valence-corrected chi connectivity index (χ4v) is 7.36. The zero-order chi connectivity index (χ0) is 18.9. The first-order chi connectivity index (χ1) is 12.2. The summed E-state index contributed by atoms with van der Waals surface area (Å²) in [5, 5.41) is 31.4. The lowest BCUT2D eigenvalue weighted by Gasteiger charge is -2.60. The van der Waals surface area contributed by atoms with Gasteiger partial charge < -0.3 is 15.3 Å². The number of aliphatic hydroxyl groups is 3. The maximum Gasteiger partial charge on any atom is 0.161 e. The lowest BCUT2D eigenvalue weighted by Crippen LogP contribution is -2.60. The van der Waals surface area contributed by atoms with Crippen LogP contribution in [0.2, 0.25) is 0 Å². The number of rotatable bonds is 2. The molecule has 0 amide bonds. The van der Waals surface area contributed by atoms with E-state index in [0.29, 0.717) is 12.3 Å². The molecule has 4 aliphatic rings. The fourth-order valence-electron chi connectivity index (χ4n) is 7.36. The van der Waals surface area contributed by atoms with Crippen molar-refractivity contribution < 1.29 is 24.9 Å². The molecule has 3 saturated carbocycles. The van der Waals surface area contributed by atoms with E-state index in [1.165, 1.54) is 0 Å². The Hall–Kier alpha value is -1.04. The highest BCUT2D eigenvalue weighted by Gasteiger charge is 2.64. The minimum atomic E-state index is -0.752. The Morgan fingerprint density at radius 2 is 1.96 bits per heavy atom. The van der Waals surface area contributed by atoms with Crippen molar-refractivity contribution in [3.63, 3.8) is 0 Å². The van der Waals surface area contributed by atoms with Crippen molar-refractivity contribution in [2.24, 2.45) is 34.5 Å². The van der Waals surface area contributed by atoms with Crippen molar-refractivity contribution in [3.05, 3.63) is 11.6 Å². The number of carbonyl (C=O) groups is 2. The molecule has 0 spiro atoms. The second-order valence-corrected chi connectivity index (χ2v) is 9.50. The van der Waals surface area contributed by atoms with Gasteiger partial charge in [-0.15, -0.1) is 0 Å². The number of Topliss-reactive ketones (excluding diaryl/α,β-unsaturated/α-hetero) is 1. The van der Waals surface area contributed by atoms with E-state index in [2.05, 4.69) is 6.92 Å². The van der Waals surface area contributed by atoms with E-state index < -0.39 is 24.2 Å². The summed E-state index contributed by atoms with van der Waals surface area (Å²) >= 11 is 0. The van der Waals surface area contributed by atoms with E-state index in [4.69, 9.17) is 0 Å².